The fraction of sp³-hybridized carbons (Fsp3) is 0.125. The van der Waals surface area contributed by atoms with Gasteiger partial charge in [0.15, 0.2) is 0 Å². The maximum absolute atomic E-state index is 12.0. The number of benzene rings is 1. The van der Waals surface area contributed by atoms with Gasteiger partial charge in [-0.2, -0.15) is 0 Å². The Morgan fingerprint density at radius 1 is 1.39 bits per heavy atom. The zero-order valence-corrected chi connectivity index (χ0v) is 11.4. The van der Waals surface area contributed by atoms with Crippen molar-refractivity contribution in [2.24, 2.45) is 10.1 Å². The van der Waals surface area contributed by atoms with Gasteiger partial charge in [0.05, 0.1) is 10.7 Å². The van der Waals surface area contributed by atoms with E-state index in [0.717, 1.165) is 22.8 Å². The molecule has 0 amide bonds. The van der Waals surface area contributed by atoms with Crippen LogP contribution in [0.2, 0.25) is 5.02 Å². The first kappa shape index (κ1) is 13.3. The second-order valence-electron chi connectivity index (χ2n) is 3.56. The molecule has 0 saturated heterocycles. The van der Waals surface area contributed by atoms with Crippen LogP contribution in [0.4, 0.5) is 5.69 Å². The molecule has 0 fully saturated rings. The van der Waals surface area contributed by atoms with Crippen molar-refractivity contribution in [1.29, 1.82) is 0 Å². The van der Waals surface area contributed by atoms with E-state index in [-0.39, 0.29) is 15.6 Å². The molecule has 1 heterocycles. The summed E-state index contributed by atoms with van der Waals surface area (Å²) in [5, 5.41) is 4.78. The summed E-state index contributed by atoms with van der Waals surface area (Å²) < 4.78 is 47.3. The van der Waals surface area contributed by atoms with E-state index in [1.54, 1.807) is 0 Å². The van der Waals surface area contributed by atoms with Crippen LogP contribution in [0.3, 0.4) is 0 Å². The standard InChI is InChI=1S/C8H8ClN3O4S2/c1-12-4-11-6-2-5(9)7(17(10,13)14)3-8(6)18(12,15)16/h2-4H,1H3,(H2,10,13,14). The SMILES string of the molecule is CN1C=Nc2cc(Cl)c(S(N)(=O)=O)cc2S1(=O)=O. The second-order valence-corrected chi connectivity index (χ2v) is 7.46. The molecule has 10 heteroatoms. The normalized spacial score (nSPS) is 17.6. The summed E-state index contributed by atoms with van der Waals surface area (Å²) in [6.45, 7) is 0. The number of hydrogen-bond donors (Lipinski definition) is 1. The van der Waals surface area contributed by atoms with Crippen molar-refractivity contribution in [1.82, 2.24) is 4.31 Å². The molecule has 18 heavy (non-hydrogen) atoms. The monoisotopic (exact) mass is 309 g/mol. The maximum Gasteiger partial charge on any atom is 0.266 e. The third-order valence-corrected chi connectivity index (χ3v) is 5.45. The number of nitrogens with two attached hydrogens (primary N) is 1. The highest BCUT2D eigenvalue weighted by Gasteiger charge is 2.29. The summed E-state index contributed by atoms with van der Waals surface area (Å²) in [5.41, 5.74) is 0.0745. The van der Waals surface area contributed by atoms with Crippen LogP contribution in [-0.2, 0) is 20.0 Å². The molecule has 98 valence electrons. The molecular weight excluding hydrogens is 302 g/mol. The Morgan fingerprint density at radius 2 is 2.00 bits per heavy atom. The number of sulfonamides is 2. The van der Waals surface area contributed by atoms with Gasteiger partial charge in [0.25, 0.3) is 10.0 Å². The van der Waals surface area contributed by atoms with Crippen LogP contribution in [-0.4, -0.2) is 34.5 Å². The zero-order valence-electron chi connectivity index (χ0n) is 9.03. The molecule has 0 aliphatic carbocycles. The van der Waals surface area contributed by atoms with Crippen molar-refractivity contribution in [2.75, 3.05) is 7.05 Å². The average Bonchev–Trinajstić information content (AvgIpc) is 2.21. The van der Waals surface area contributed by atoms with E-state index < -0.39 is 24.9 Å². The number of halogens is 1. The minimum Gasteiger partial charge on any atom is -0.259 e. The molecule has 0 spiro atoms. The lowest BCUT2D eigenvalue weighted by molar-refractivity contribution is 0.553. The molecule has 7 nitrogen and oxygen atoms in total. The van der Waals surface area contributed by atoms with Crippen LogP contribution in [0.15, 0.2) is 26.9 Å². The molecule has 0 saturated carbocycles. The lowest BCUT2D eigenvalue weighted by Gasteiger charge is -2.20. The molecule has 2 N–H and O–H groups in total. The lowest BCUT2D eigenvalue weighted by Crippen LogP contribution is -2.28. The van der Waals surface area contributed by atoms with Crippen molar-refractivity contribution >= 4 is 43.7 Å². The summed E-state index contributed by atoms with van der Waals surface area (Å²) in [4.78, 5) is 3.16. The Morgan fingerprint density at radius 3 is 2.56 bits per heavy atom. The van der Waals surface area contributed by atoms with Gasteiger partial charge in [-0.3, -0.25) is 4.31 Å². The fourth-order valence-electron chi connectivity index (χ4n) is 1.41. The predicted molar refractivity (Wildman–Crippen MR) is 65.9 cm³/mol. The van der Waals surface area contributed by atoms with Crippen LogP contribution in [0.5, 0.6) is 0 Å². The predicted octanol–water partition coefficient (Wildman–Crippen LogP) is 0.281. The summed E-state index contributed by atoms with van der Waals surface area (Å²) >= 11 is 5.73. The van der Waals surface area contributed by atoms with Gasteiger partial charge in [-0.05, 0) is 12.1 Å². The van der Waals surface area contributed by atoms with Crippen LogP contribution in [0.25, 0.3) is 0 Å². The fourth-order valence-corrected chi connectivity index (χ4v) is 3.70. The number of primary sulfonamides is 1. The van der Waals surface area contributed by atoms with Crippen molar-refractivity contribution < 1.29 is 16.8 Å². The molecule has 1 aromatic carbocycles. The molecule has 1 aliphatic heterocycles. The Labute approximate surface area is 109 Å². The third-order valence-electron chi connectivity index (χ3n) is 2.34. The topological polar surface area (TPSA) is 110 Å². The van der Waals surface area contributed by atoms with E-state index in [1.165, 1.54) is 7.05 Å². The van der Waals surface area contributed by atoms with Gasteiger partial charge in [-0.1, -0.05) is 11.6 Å². The quantitative estimate of drug-likeness (QED) is 0.803. The molecule has 1 aromatic rings. The van der Waals surface area contributed by atoms with E-state index in [1.807, 2.05) is 0 Å². The van der Waals surface area contributed by atoms with Gasteiger partial charge in [0.2, 0.25) is 10.0 Å². The van der Waals surface area contributed by atoms with Gasteiger partial charge in [0, 0.05) is 7.05 Å². The van der Waals surface area contributed by atoms with E-state index in [9.17, 15) is 16.8 Å². The molecule has 0 atom stereocenters. The van der Waals surface area contributed by atoms with Crippen LogP contribution < -0.4 is 5.14 Å². The lowest BCUT2D eigenvalue weighted by atomic mass is 10.3. The molecule has 1 aliphatic rings. The van der Waals surface area contributed by atoms with Crippen molar-refractivity contribution in [3.8, 4) is 0 Å². The molecular formula is C8H8ClN3O4S2. The van der Waals surface area contributed by atoms with E-state index in [4.69, 9.17) is 16.7 Å². The number of hydrogen-bond acceptors (Lipinski definition) is 5. The Kier molecular flexibility index (Phi) is 2.89. The van der Waals surface area contributed by atoms with Crippen molar-refractivity contribution in [2.45, 2.75) is 9.79 Å². The molecule has 0 aromatic heterocycles. The smallest absolute Gasteiger partial charge is 0.259 e. The van der Waals surface area contributed by atoms with Gasteiger partial charge >= 0.3 is 0 Å². The van der Waals surface area contributed by atoms with Gasteiger partial charge in [-0.25, -0.2) is 27.0 Å². The Balaban J connectivity index is 2.85. The van der Waals surface area contributed by atoms with Crippen molar-refractivity contribution in [3.05, 3.63) is 17.2 Å². The minimum atomic E-state index is -4.10. The highest BCUT2D eigenvalue weighted by Crippen LogP contribution is 2.35. The number of fused-ring (bicyclic) bond motifs is 1. The average molecular weight is 310 g/mol. The second kappa shape index (κ2) is 3.92. The highest BCUT2D eigenvalue weighted by atomic mass is 35.5. The number of aliphatic imine (C=N–C) groups is 1. The Hall–Kier alpha value is -1.16. The Bertz CT molecular complexity index is 755. The van der Waals surface area contributed by atoms with Crippen molar-refractivity contribution in [3.63, 3.8) is 0 Å². The van der Waals surface area contributed by atoms with Gasteiger partial charge < -0.3 is 0 Å². The van der Waals surface area contributed by atoms with E-state index >= 15 is 0 Å². The maximum atomic E-state index is 12.0. The first-order chi connectivity index (χ1) is 8.14. The highest BCUT2D eigenvalue weighted by molar-refractivity contribution is 7.90. The summed E-state index contributed by atoms with van der Waals surface area (Å²) in [6, 6.07) is 2.06. The summed E-state index contributed by atoms with van der Waals surface area (Å²) in [7, 11) is -6.63. The summed E-state index contributed by atoms with van der Waals surface area (Å²) in [6.07, 6.45) is 1.10. The van der Waals surface area contributed by atoms with Gasteiger partial charge in [0.1, 0.15) is 16.1 Å². The minimum absolute atomic E-state index is 0.0745. The third kappa shape index (κ3) is 1.99. The zero-order chi connectivity index (χ0) is 13.7. The number of rotatable bonds is 1. The van der Waals surface area contributed by atoms with E-state index in [0.29, 0.717) is 0 Å². The molecule has 0 bridgehead atoms. The summed E-state index contributed by atoms with van der Waals surface area (Å²) in [5.74, 6) is 0. The first-order valence-corrected chi connectivity index (χ1v) is 7.89. The largest absolute Gasteiger partial charge is 0.266 e. The van der Waals surface area contributed by atoms with Gasteiger partial charge in [-0.15, -0.1) is 0 Å². The van der Waals surface area contributed by atoms with Crippen LogP contribution >= 0.6 is 11.6 Å². The van der Waals surface area contributed by atoms with E-state index in [2.05, 4.69) is 4.99 Å². The molecule has 2 rings (SSSR count). The van der Waals surface area contributed by atoms with Crippen LogP contribution in [0, 0.1) is 0 Å². The molecule has 0 radical (unpaired) electrons. The first-order valence-electron chi connectivity index (χ1n) is 4.52. The van der Waals surface area contributed by atoms with Crippen LogP contribution in [0.1, 0.15) is 0 Å². The number of nitrogens with zero attached hydrogens (tertiary/aromatic N) is 2. The molecule has 0 unspecified atom stereocenters.